The van der Waals surface area contributed by atoms with Crippen molar-refractivity contribution in [2.24, 2.45) is 5.10 Å². The number of hydrogen-bond donors (Lipinski definition) is 1. The highest BCUT2D eigenvalue weighted by Gasteiger charge is 2.12. The van der Waals surface area contributed by atoms with E-state index < -0.39 is 4.92 Å². The zero-order chi connectivity index (χ0) is 17.6. The number of morpholine rings is 1. The lowest BCUT2D eigenvalue weighted by atomic mass is 10.1. The number of anilines is 2. The third kappa shape index (κ3) is 4.13. The lowest BCUT2D eigenvalue weighted by Crippen LogP contribution is -2.36. The van der Waals surface area contributed by atoms with E-state index in [2.05, 4.69) is 27.6 Å². The summed E-state index contributed by atoms with van der Waals surface area (Å²) in [5.41, 5.74) is 6.04. The molecule has 0 amide bonds. The Labute approximate surface area is 146 Å². The van der Waals surface area contributed by atoms with Gasteiger partial charge >= 0.3 is 0 Å². The molecule has 2 aromatic carbocycles. The van der Waals surface area contributed by atoms with Crippen molar-refractivity contribution in [3.8, 4) is 0 Å². The van der Waals surface area contributed by atoms with Crippen LogP contribution in [0.3, 0.4) is 0 Å². The third-order valence-electron chi connectivity index (χ3n) is 4.11. The highest BCUT2D eigenvalue weighted by Crippen LogP contribution is 2.23. The molecule has 1 heterocycles. The van der Waals surface area contributed by atoms with Gasteiger partial charge in [0.25, 0.3) is 5.69 Å². The van der Waals surface area contributed by atoms with Gasteiger partial charge in [0.1, 0.15) is 5.69 Å². The summed E-state index contributed by atoms with van der Waals surface area (Å²) in [4.78, 5) is 12.9. The predicted molar refractivity (Wildman–Crippen MR) is 98.4 cm³/mol. The highest BCUT2D eigenvalue weighted by molar-refractivity contribution is 5.99. The Kier molecular flexibility index (Phi) is 5.25. The van der Waals surface area contributed by atoms with Crippen LogP contribution in [-0.2, 0) is 4.74 Å². The van der Waals surface area contributed by atoms with Gasteiger partial charge in [0, 0.05) is 24.8 Å². The molecule has 0 aromatic heterocycles. The molecule has 1 saturated heterocycles. The molecule has 0 unspecified atom stereocenters. The van der Waals surface area contributed by atoms with Gasteiger partial charge in [0.15, 0.2) is 0 Å². The predicted octanol–water partition coefficient (Wildman–Crippen LogP) is 3.27. The minimum absolute atomic E-state index is 0.00159. The summed E-state index contributed by atoms with van der Waals surface area (Å²) >= 11 is 0. The van der Waals surface area contributed by atoms with Crippen LogP contribution in [0.5, 0.6) is 0 Å². The maximum absolute atomic E-state index is 11.0. The maximum Gasteiger partial charge on any atom is 0.294 e. The Balaban J connectivity index is 1.71. The summed E-state index contributed by atoms with van der Waals surface area (Å²) in [6, 6.07) is 14.6. The summed E-state index contributed by atoms with van der Waals surface area (Å²) in [7, 11) is 0. The molecule has 0 atom stereocenters. The number of nitrogens with one attached hydrogen (secondary N) is 1. The van der Waals surface area contributed by atoms with Gasteiger partial charge in [-0.3, -0.25) is 15.5 Å². The van der Waals surface area contributed by atoms with Crippen molar-refractivity contribution in [1.29, 1.82) is 0 Å². The van der Waals surface area contributed by atoms with Crippen molar-refractivity contribution in [1.82, 2.24) is 0 Å². The van der Waals surface area contributed by atoms with E-state index in [1.165, 1.54) is 6.07 Å². The summed E-state index contributed by atoms with van der Waals surface area (Å²) in [6.45, 7) is 5.16. The van der Waals surface area contributed by atoms with Gasteiger partial charge in [-0.1, -0.05) is 24.3 Å². The number of hydrazone groups is 1. The Bertz CT molecular complexity index is 768. The number of para-hydroxylation sites is 2. The zero-order valence-corrected chi connectivity index (χ0v) is 14.0. The van der Waals surface area contributed by atoms with Gasteiger partial charge in [-0.25, -0.2) is 0 Å². The maximum atomic E-state index is 11.0. The molecular weight excluding hydrogens is 320 g/mol. The van der Waals surface area contributed by atoms with Crippen LogP contribution < -0.4 is 10.3 Å². The molecule has 130 valence electrons. The number of nitro groups is 1. The molecule has 25 heavy (non-hydrogen) atoms. The Morgan fingerprint density at radius 2 is 1.84 bits per heavy atom. The minimum atomic E-state index is -0.426. The first-order chi connectivity index (χ1) is 12.1. The van der Waals surface area contributed by atoms with Crippen LogP contribution in [0, 0.1) is 10.1 Å². The van der Waals surface area contributed by atoms with E-state index in [4.69, 9.17) is 4.74 Å². The second-order valence-electron chi connectivity index (χ2n) is 5.73. The molecule has 0 spiro atoms. The first kappa shape index (κ1) is 16.9. The Morgan fingerprint density at radius 1 is 1.16 bits per heavy atom. The van der Waals surface area contributed by atoms with Gasteiger partial charge in [0.05, 0.1) is 23.8 Å². The van der Waals surface area contributed by atoms with Crippen molar-refractivity contribution in [2.45, 2.75) is 6.92 Å². The van der Waals surface area contributed by atoms with Crippen molar-refractivity contribution < 1.29 is 9.66 Å². The molecule has 0 radical (unpaired) electrons. The first-order valence-electron chi connectivity index (χ1n) is 8.12. The number of benzene rings is 2. The first-order valence-corrected chi connectivity index (χ1v) is 8.12. The highest BCUT2D eigenvalue weighted by atomic mass is 16.6. The van der Waals surface area contributed by atoms with Crippen LogP contribution in [0.4, 0.5) is 17.1 Å². The van der Waals surface area contributed by atoms with Gasteiger partial charge in [-0.15, -0.1) is 0 Å². The van der Waals surface area contributed by atoms with Crippen LogP contribution in [0.25, 0.3) is 0 Å². The third-order valence-corrected chi connectivity index (χ3v) is 4.11. The van der Waals surface area contributed by atoms with E-state index in [1.807, 2.05) is 19.1 Å². The van der Waals surface area contributed by atoms with Crippen molar-refractivity contribution >= 4 is 22.8 Å². The molecule has 0 aliphatic carbocycles. The SMILES string of the molecule is C/C(=N\Nc1ccccc1[N+](=O)[O-])c1ccc(N2CCOCC2)cc1. The van der Waals surface area contributed by atoms with Gasteiger partial charge in [-0.05, 0) is 30.7 Å². The van der Waals surface area contributed by atoms with Crippen molar-refractivity contribution in [3.63, 3.8) is 0 Å². The van der Waals surface area contributed by atoms with E-state index in [-0.39, 0.29) is 5.69 Å². The van der Waals surface area contributed by atoms with E-state index in [9.17, 15) is 10.1 Å². The molecule has 1 aliphatic heterocycles. The number of hydrogen-bond acceptors (Lipinski definition) is 6. The van der Waals surface area contributed by atoms with Crippen molar-refractivity contribution in [2.75, 3.05) is 36.6 Å². The fourth-order valence-corrected chi connectivity index (χ4v) is 2.67. The smallest absolute Gasteiger partial charge is 0.294 e. The van der Waals surface area contributed by atoms with E-state index >= 15 is 0 Å². The standard InChI is InChI=1S/C18H20N4O3/c1-14(19-20-17-4-2-3-5-18(17)22(23)24)15-6-8-16(9-7-15)21-10-12-25-13-11-21/h2-9,20H,10-13H2,1H3/b19-14+. The topological polar surface area (TPSA) is 80.0 Å². The number of nitrogens with zero attached hydrogens (tertiary/aromatic N) is 3. The Hall–Kier alpha value is -2.93. The zero-order valence-electron chi connectivity index (χ0n) is 14.0. The average Bonchev–Trinajstić information content (AvgIpc) is 2.67. The molecule has 1 aliphatic rings. The molecular formula is C18H20N4O3. The number of rotatable bonds is 5. The summed E-state index contributed by atoms with van der Waals surface area (Å²) in [5.74, 6) is 0. The monoisotopic (exact) mass is 340 g/mol. The molecule has 2 aromatic rings. The number of ether oxygens (including phenoxy) is 1. The summed E-state index contributed by atoms with van der Waals surface area (Å²) in [5, 5.41) is 15.3. The molecule has 3 rings (SSSR count). The van der Waals surface area contributed by atoms with E-state index in [0.29, 0.717) is 5.69 Å². The fraction of sp³-hybridized carbons (Fsp3) is 0.278. The normalized spacial score (nSPS) is 15.1. The average molecular weight is 340 g/mol. The van der Waals surface area contributed by atoms with E-state index in [0.717, 1.165) is 43.3 Å². The van der Waals surface area contributed by atoms with Crippen LogP contribution in [0.2, 0.25) is 0 Å². The molecule has 7 nitrogen and oxygen atoms in total. The second-order valence-corrected chi connectivity index (χ2v) is 5.73. The van der Waals surface area contributed by atoms with E-state index in [1.54, 1.807) is 18.2 Å². The van der Waals surface area contributed by atoms with Crippen molar-refractivity contribution in [3.05, 3.63) is 64.2 Å². The summed E-state index contributed by atoms with van der Waals surface area (Å²) < 4.78 is 5.37. The van der Waals surface area contributed by atoms with Gasteiger partial charge < -0.3 is 9.64 Å². The Morgan fingerprint density at radius 3 is 2.52 bits per heavy atom. The fourth-order valence-electron chi connectivity index (χ4n) is 2.67. The largest absolute Gasteiger partial charge is 0.378 e. The molecule has 0 bridgehead atoms. The molecule has 0 saturated carbocycles. The second kappa shape index (κ2) is 7.76. The van der Waals surface area contributed by atoms with Gasteiger partial charge in [0.2, 0.25) is 0 Å². The molecule has 1 fully saturated rings. The van der Waals surface area contributed by atoms with Crippen LogP contribution >= 0.6 is 0 Å². The van der Waals surface area contributed by atoms with Crippen LogP contribution in [-0.4, -0.2) is 36.9 Å². The molecule has 7 heteroatoms. The minimum Gasteiger partial charge on any atom is -0.378 e. The van der Waals surface area contributed by atoms with Crippen LogP contribution in [0.15, 0.2) is 53.6 Å². The lowest BCUT2D eigenvalue weighted by molar-refractivity contribution is -0.384. The number of nitro benzene ring substituents is 1. The molecule has 1 N–H and O–H groups in total. The van der Waals surface area contributed by atoms with Crippen LogP contribution in [0.1, 0.15) is 12.5 Å². The summed E-state index contributed by atoms with van der Waals surface area (Å²) in [6.07, 6.45) is 0. The van der Waals surface area contributed by atoms with Gasteiger partial charge in [-0.2, -0.15) is 5.10 Å². The lowest BCUT2D eigenvalue weighted by Gasteiger charge is -2.28. The quantitative estimate of drug-likeness (QED) is 0.513.